The number of rotatable bonds is 13. The minimum absolute atomic E-state index is 0.264. The lowest BCUT2D eigenvalue weighted by Crippen LogP contribution is -2.35. The highest BCUT2D eigenvalue weighted by Gasteiger charge is 2.44. The number of Topliss-reactive ketones (excluding diaryl/α,β-unsaturated/α-hetero) is 1. The highest BCUT2D eigenvalue weighted by atomic mass is 16.5. The molecule has 1 aliphatic carbocycles. The van der Waals surface area contributed by atoms with Gasteiger partial charge in [-0.2, -0.15) is 0 Å². The van der Waals surface area contributed by atoms with Crippen molar-refractivity contribution in [1.82, 2.24) is 0 Å². The van der Waals surface area contributed by atoms with E-state index in [9.17, 15) is 0 Å². The van der Waals surface area contributed by atoms with Crippen LogP contribution in [0, 0.1) is 0 Å². The molecule has 254 valence electrons. The lowest BCUT2D eigenvalue weighted by molar-refractivity contribution is 0.0932. The lowest BCUT2D eigenvalue weighted by Gasteiger charge is -2.33. The summed E-state index contributed by atoms with van der Waals surface area (Å²) in [5, 5.41) is 0. The van der Waals surface area contributed by atoms with Crippen LogP contribution in [0.2, 0.25) is 0 Å². The molecule has 0 N–H and O–H groups in total. The zero-order chi connectivity index (χ0) is 35.1. The summed E-state index contributed by atoms with van der Waals surface area (Å²) in [4.78, 5) is 15.2. The third-order valence-electron chi connectivity index (χ3n) is 8.57. The van der Waals surface area contributed by atoms with Crippen LogP contribution >= 0.6 is 0 Å². The Hall–Kier alpha value is -5.83. The van der Waals surface area contributed by atoms with Gasteiger partial charge in [-0.1, -0.05) is 48.6 Å². The maximum atomic E-state index is 15.2. The summed E-state index contributed by atoms with van der Waals surface area (Å²) in [6, 6.07) is 21.8. The van der Waals surface area contributed by atoms with Gasteiger partial charge in [-0.3, -0.25) is 4.79 Å². The molecule has 0 saturated heterocycles. The summed E-state index contributed by atoms with van der Waals surface area (Å²) in [5.41, 5.74) is 2.08. The fourth-order valence-corrected chi connectivity index (χ4v) is 6.30. The molecule has 0 aliphatic heterocycles. The molecule has 9 heteroatoms. The number of ketones is 1. The van der Waals surface area contributed by atoms with Crippen molar-refractivity contribution in [2.45, 2.75) is 5.41 Å². The molecule has 0 amide bonds. The van der Waals surface area contributed by atoms with E-state index in [-0.39, 0.29) is 11.3 Å². The van der Waals surface area contributed by atoms with E-state index >= 15 is 4.79 Å². The summed E-state index contributed by atoms with van der Waals surface area (Å²) in [5.74, 6) is 3.58. The smallest absolute Gasteiger partial charge is 0.188 e. The Bertz CT molecular complexity index is 1770. The Kier molecular flexibility index (Phi) is 10.5. The molecule has 0 radical (unpaired) electrons. The van der Waals surface area contributed by atoms with E-state index in [1.165, 1.54) is 14.2 Å². The fourth-order valence-electron chi connectivity index (χ4n) is 6.30. The molecular weight excluding hydrogens is 624 g/mol. The highest BCUT2D eigenvalue weighted by molar-refractivity contribution is 6.12. The molecule has 1 aliphatic rings. The Labute approximate surface area is 286 Å². The molecule has 9 nitrogen and oxygen atoms in total. The van der Waals surface area contributed by atoms with Crippen LogP contribution in [0.25, 0.3) is 5.57 Å². The minimum Gasteiger partial charge on any atom is -0.496 e. The molecule has 4 aromatic rings. The highest BCUT2D eigenvalue weighted by Crippen LogP contribution is 2.51. The van der Waals surface area contributed by atoms with Gasteiger partial charge in [-0.25, -0.2) is 0 Å². The molecule has 4 aromatic carbocycles. The first-order valence-electron chi connectivity index (χ1n) is 15.4. The number of hydrogen-bond donors (Lipinski definition) is 0. The number of ether oxygens (including phenoxy) is 8. The summed E-state index contributed by atoms with van der Waals surface area (Å²) >= 11 is 0. The van der Waals surface area contributed by atoms with Crippen LogP contribution in [-0.4, -0.2) is 62.7 Å². The Morgan fingerprint density at radius 2 is 0.714 bits per heavy atom. The number of hydrogen-bond acceptors (Lipinski definition) is 9. The quantitative estimate of drug-likeness (QED) is 0.135. The normalized spacial score (nSPS) is 14.9. The Morgan fingerprint density at radius 1 is 0.429 bits per heavy atom. The molecule has 0 heterocycles. The Morgan fingerprint density at radius 3 is 1.02 bits per heavy atom. The van der Waals surface area contributed by atoms with E-state index in [1.807, 2.05) is 66.8 Å². The van der Waals surface area contributed by atoms with Crippen LogP contribution in [0.15, 0.2) is 103 Å². The molecule has 0 fully saturated rings. The molecule has 0 spiro atoms. The first kappa shape index (κ1) is 34.5. The summed E-state index contributed by atoms with van der Waals surface area (Å²) in [7, 11) is 12.6. The molecular formula is C40H40O9. The standard InChI is InChI=1S/C40H40O9/c1-42-26-13-9-14-27(43-2)35(26)34(36-28(44-3)15-10-16-29(36)45-4)25-21-23-40(24-22-25,38-32(48-7)19-12-20-33(38)49-8)39(41)37-30(46-5)17-11-18-31(37)47-6/h9-24H,1-8H3. The average Bonchev–Trinajstić information content (AvgIpc) is 3.17. The van der Waals surface area contributed by atoms with Gasteiger partial charge in [-0.05, 0) is 54.1 Å². The average molecular weight is 665 g/mol. The van der Waals surface area contributed by atoms with E-state index in [0.717, 1.165) is 5.57 Å². The van der Waals surface area contributed by atoms with Crippen LogP contribution in [0.4, 0.5) is 0 Å². The number of allylic oxidation sites excluding steroid dienone is 5. The van der Waals surface area contributed by atoms with E-state index in [2.05, 4.69) is 0 Å². The van der Waals surface area contributed by atoms with Gasteiger partial charge in [0.05, 0.1) is 73.6 Å². The second kappa shape index (κ2) is 14.9. The lowest BCUT2D eigenvalue weighted by atomic mass is 9.70. The number of carbonyl (C=O) groups is 1. The number of methoxy groups -OCH3 is 8. The summed E-state index contributed by atoms with van der Waals surface area (Å²) in [6.45, 7) is 0. The van der Waals surface area contributed by atoms with Crippen molar-refractivity contribution in [1.29, 1.82) is 0 Å². The largest absolute Gasteiger partial charge is 0.496 e. The maximum Gasteiger partial charge on any atom is 0.188 e. The third kappa shape index (κ3) is 6.04. The van der Waals surface area contributed by atoms with Crippen LogP contribution < -0.4 is 37.9 Å². The zero-order valence-electron chi connectivity index (χ0n) is 28.9. The monoisotopic (exact) mass is 664 g/mol. The maximum absolute atomic E-state index is 15.2. The SMILES string of the molecule is COc1cccc(OC)c1C(=O)C1(c2c(OC)cccc2OC)C=CC(=C(c2c(OC)cccc2OC)c2c(OC)cccc2OC)C=C1. The molecule has 0 unspecified atom stereocenters. The second-order valence-electron chi connectivity index (χ2n) is 10.8. The van der Waals surface area contributed by atoms with Gasteiger partial charge in [0.25, 0.3) is 0 Å². The van der Waals surface area contributed by atoms with Crippen molar-refractivity contribution < 1.29 is 42.7 Å². The molecule has 49 heavy (non-hydrogen) atoms. The number of carbonyl (C=O) groups excluding carboxylic acids is 1. The fraction of sp³-hybridized carbons (Fsp3) is 0.225. The predicted octanol–water partition coefficient (Wildman–Crippen LogP) is 7.50. The minimum atomic E-state index is -1.44. The zero-order valence-corrected chi connectivity index (χ0v) is 28.9. The predicted molar refractivity (Wildman–Crippen MR) is 188 cm³/mol. The van der Waals surface area contributed by atoms with Gasteiger partial charge < -0.3 is 37.9 Å². The van der Waals surface area contributed by atoms with Gasteiger partial charge in [-0.15, -0.1) is 0 Å². The van der Waals surface area contributed by atoms with Crippen LogP contribution in [-0.2, 0) is 5.41 Å². The Balaban J connectivity index is 1.91. The second-order valence-corrected chi connectivity index (χ2v) is 10.8. The molecule has 0 aromatic heterocycles. The van der Waals surface area contributed by atoms with Gasteiger partial charge in [0, 0.05) is 5.57 Å². The molecule has 0 atom stereocenters. The first-order valence-corrected chi connectivity index (χ1v) is 15.4. The topological polar surface area (TPSA) is 90.9 Å². The van der Waals surface area contributed by atoms with Gasteiger partial charge in [0.15, 0.2) is 5.78 Å². The molecule has 0 bridgehead atoms. The van der Waals surface area contributed by atoms with Gasteiger partial charge in [0.2, 0.25) is 0 Å². The first-order chi connectivity index (χ1) is 23.9. The van der Waals surface area contributed by atoms with Crippen molar-refractivity contribution in [3.8, 4) is 46.0 Å². The van der Waals surface area contributed by atoms with Crippen molar-refractivity contribution in [2.75, 3.05) is 56.9 Å². The van der Waals surface area contributed by atoms with Crippen LogP contribution in [0.3, 0.4) is 0 Å². The molecule has 0 saturated carbocycles. The van der Waals surface area contributed by atoms with E-state index in [0.29, 0.717) is 68.3 Å². The van der Waals surface area contributed by atoms with Crippen LogP contribution in [0.5, 0.6) is 46.0 Å². The van der Waals surface area contributed by atoms with Gasteiger partial charge >= 0.3 is 0 Å². The van der Waals surface area contributed by atoms with Gasteiger partial charge in [0.1, 0.15) is 57.0 Å². The summed E-state index contributed by atoms with van der Waals surface area (Å²) in [6.07, 6.45) is 7.44. The van der Waals surface area contributed by atoms with E-state index in [4.69, 9.17) is 37.9 Å². The third-order valence-corrected chi connectivity index (χ3v) is 8.57. The van der Waals surface area contributed by atoms with Crippen molar-refractivity contribution >= 4 is 11.4 Å². The molecule has 5 rings (SSSR count). The summed E-state index contributed by atoms with van der Waals surface area (Å²) < 4.78 is 46.7. The van der Waals surface area contributed by atoms with Crippen molar-refractivity contribution in [3.63, 3.8) is 0 Å². The van der Waals surface area contributed by atoms with Crippen molar-refractivity contribution in [3.05, 3.63) is 125 Å². The van der Waals surface area contributed by atoms with Crippen molar-refractivity contribution in [2.24, 2.45) is 0 Å². The van der Waals surface area contributed by atoms with Crippen LogP contribution in [0.1, 0.15) is 27.0 Å². The van der Waals surface area contributed by atoms with E-state index < -0.39 is 5.41 Å². The number of benzene rings is 4. The van der Waals surface area contributed by atoms with E-state index in [1.54, 1.807) is 73.0 Å².